The molecule has 2 rings (SSSR count). The number of carbonyl (C=O) groups is 1. The molecule has 0 spiro atoms. The Morgan fingerprint density at radius 1 is 1.56 bits per heavy atom. The van der Waals surface area contributed by atoms with Crippen molar-refractivity contribution in [2.75, 3.05) is 24.7 Å². The number of nitrogens with one attached hydrogen (secondary N) is 2. The Morgan fingerprint density at radius 3 is 3.00 bits per heavy atom. The van der Waals surface area contributed by atoms with Gasteiger partial charge in [0, 0.05) is 17.1 Å². The van der Waals surface area contributed by atoms with Crippen molar-refractivity contribution < 1.29 is 4.79 Å². The zero-order chi connectivity index (χ0) is 13.0. The smallest absolute Gasteiger partial charge is 0.228 e. The van der Waals surface area contributed by atoms with E-state index in [0.29, 0.717) is 5.02 Å². The van der Waals surface area contributed by atoms with Crippen LogP contribution < -0.4 is 10.6 Å². The summed E-state index contributed by atoms with van der Waals surface area (Å²) in [5, 5.41) is 6.85. The summed E-state index contributed by atoms with van der Waals surface area (Å²) in [7, 11) is 0. The molecule has 1 atom stereocenters. The number of benzene rings is 1. The molecule has 0 saturated carbocycles. The number of anilines is 1. The Bertz CT molecular complexity index is 433. The van der Waals surface area contributed by atoms with E-state index >= 15 is 0 Å². The lowest BCUT2D eigenvalue weighted by molar-refractivity contribution is -0.120. The molecular weight excluding hydrogens is 268 g/mol. The zero-order valence-corrected chi connectivity index (χ0v) is 11.9. The molecule has 1 amide bonds. The highest BCUT2D eigenvalue weighted by Crippen LogP contribution is 2.28. The lowest BCUT2D eigenvalue weighted by atomic mass is 9.99. The molecule has 1 fully saturated rings. The van der Waals surface area contributed by atoms with E-state index in [0.717, 1.165) is 36.5 Å². The quantitative estimate of drug-likeness (QED) is 0.839. The van der Waals surface area contributed by atoms with Crippen LogP contribution >= 0.6 is 23.4 Å². The van der Waals surface area contributed by atoms with Gasteiger partial charge in [-0.1, -0.05) is 11.6 Å². The third-order valence-electron chi connectivity index (χ3n) is 3.09. The zero-order valence-electron chi connectivity index (χ0n) is 10.3. The largest absolute Gasteiger partial charge is 0.326 e. The average Bonchev–Trinajstić information content (AvgIpc) is 2.40. The first kappa shape index (κ1) is 13.7. The molecule has 1 aromatic carbocycles. The van der Waals surface area contributed by atoms with Gasteiger partial charge in [0.15, 0.2) is 0 Å². The number of rotatable bonds is 3. The number of hydrogen-bond donors (Lipinski definition) is 2. The Balaban J connectivity index is 2.00. The summed E-state index contributed by atoms with van der Waals surface area (Å²) in [4.78, 5) is 13.1. The van der Waals surface area contributed by atoms with Gasteiger partial charge in [-0.2, -0.15) is 0 Å². The van der Waals surface area contributed by atoms with Gasteiger partial charge in [0.1, 0.15) is 0 Å². The first-order chi connectivity index (χ1) is 8.70. The Morgan fingerprint density at radius 2 is 2.39 bits per heavy atom. The van der Waals surface area contributed by atoms with Gasteiger partial charge in [-0.05, 0) is 43.8 Å². The van der Waals surface area contributed by atoms with Gasteiger partial charge >= 0.3 is 0 Å². The molecule has 1 heterocycles. The standard InChI is InChI=1S/C13H17ClN2OS/c1-18-12-5-4-10(7-11(12)14)16-13(17)9-3-2-6-15-8-9/h4-5,7,9,15H,2-3,6,8H2,1H3,(H,16,17). The molecule has 1 aromatic rings. The van der Waals surface area contributed by atoms with E-state index in [1.165, 1.54) is 0 Å². The van der Waals surface area contributed by atoms with E-state index in [-0.39, 0.29) is 11.8 Å². The van der Waals surface area contributed by atoms with Gasteiger partial charge in [-0.15, -0.1) is 11.8 Å². The lowest BCUT2D eigenvalue weighted by Gasteiger charge is -2.22. The van der Waals surface area contributed by atoms with Crippen LogP contribution in [0.25, 0.3) is 0 Å². The predicted molar refractivity (Wildman–Crippen MR) is 77.5 cm³/mol. The molecule has 1 unspecified atom stereocenters. The second-order valence-electron chi connectivity index (χ2n) is 4.38. The number of halogens is 1. The lowest BCUT2D eigenvalue weighted by Crippen LogP contribution is -2.37. The summed E-state index contributed by atoms with van der Waals surface area (Å²) in [5.74, 6) is 0.146. The Hall–Kier alpha value is -0.710. The highest BCUT2D eigenvalue weighted by atomic mass is 35.5. The van der Waals surface area contributed by atoms with Crippen molar-refractivity contribution in [2.45, 2.75) is 17.7 Å². The summed E-state index contributed by atoms with van der Waals surface area (Å²) in [6.07, 6.45) is 3.99. The highest BCUT2D eigenvalue weighted by Gasteiger charge is 2.20. The van der Waals surface area contributed by atoms with Gasteiger partial charge in [-0.25, -0.2) is 0 Å². The normalized spacial score (nSPS) is 19.6. The summed E-state index contributed by atoms with van der Waals surface area (Å²) < 4.78 is 0. The van der Waals surface area contributed by atoms with Crippen LogP contribution in [0.4, 0.5) is 5.69 Å². The first-order valence-electron chi connectivity index (χ1n) is 6.06. The van der Waals surface area contributed by atoms with Crippen molar-refractivity contribution in [1.29, 1.82) is 0 Å². The molecule has 3 nitrogen and oxygen atoms in total. The number of amides is 1. The molecule has 1 aliphatic heterocycles. The van der Waals surface area contributed by atoms with Gasteiger partial charge in [0.25, 0.3) is 0 Å². The van der Waals surface area contributed by atoms with Crippen LogP contribution in [0.1, 0.15) is 12.8 Å². The van der Waals surface area contributed by atoms with Gasteiger partial charge < -0.3 is 10.6 Å². The van der Waals surface area contributed by atoms with Crippen LogP contribution in [0.2, 0.25) is 5.02 Å². The summed E-state index contributed by atoms with van der Waals surface area (Å²) >= 11 is 7.71. The maximum Gasteiger partial charge on any atom is 0.228 e. The molecule has 5 heteroatoms. The minimum atomic E-state index is 0.0674. The van der Waals surface area contributed by atoms with E-state index < -0.39 is 0 Å². The van der Waals surface area contributed by atoms with Crippen molar-refractivity contribution in [3.63, 3.8) is 0 Å². The molecular formula is C13H17ClN2OS. The van der Waals surface area contributed by atoms with Crippen LogP contribution in [0, 0.1) is 5.92 Å². The Kier molecular flexibility index (Phi) is 4.92. The first-order valence-corrected chi connectivity index (χ1v) is 7.66. The van der Waals surface area contributed by atoms with E-state index in [2.05, 4.69) is 10.6 Å². The molecule has 1 aliphatic rings. The van der Waals surface area contributed by atoms with Crippen molar-refractivity contribution >= 4 is 35.0 Å². The average molecular weight is 285 g/mol. The molecule has 0 aromatic heterocycles. The molecule has 2 N–H and O–H groups in total. The second kappa shape index (κ2) is 6.45. The fourth-order valence-electron chi connectivity index (χ4n) is 2.06. The van der Waals surface area contributed by atoms with Crippen LogP contribution in [0.3, 0.4) is 0 Å². The van der Waals surface area contributed by atoms with Gasteiger partial charge in [-0.3, -0.25) is 4.79 Å². The molecule has 0 bridgehead atoms. The van der Waals surface area contributed by atoms with E-state index in [1.807, 2.05) is 24.5 Å². The maximum absolute atomic E-state index is 12.0. The molecule has 0 radical (unpaired) electrons. The third-order valence-corrected chi connectivity index (χ3v) is 4.31. The van der Waals surface area contributed by atoms with E-state index in [9.17, 15) is 4.79 Å². The fourth-order valence-corrected chi connectivity index (χ4v) is 2.93. The van der Waals surface area contributed by atoms with Crippen molar-refractivity contribution in [1.82, 2.24) is 5.32 Å². The topological polar surface area (TPSA) is 41.1 Å². The SMILES string of the molecule is CSc1ccc(NC(=O)C2CCCNC2)cc1Cl. The monoisotopic (exact) mass is 284 g/mol. The molecule has 18 heavy (non-hydrogen) atoms. The summed E-state index contributed by atoms with van der Waals surface area (Å²) in [6.45, 7) is 1.78. The van der Waals surface area contributed by atoms with Crippen LogP contribution in [0.15, 0.2) is 23.1 Å². The van der Waals surface area contributed by atoms with Crippen molar-refractivity contribution in [2.24, 2.45) is 5.92 Å². The number of thioether (sulfide) groups is 1. The maximum atomic E-state index is 12.0. The molecule has 0 aliphatic carbocycles. The summed E-state index contributed by atoms with van der Waals surface area (Å²) in [5.41, 5.74) is 0.772. The van der Waals surface area contributed by atoms with Crippen molar-refractivity contribution in [3.05, 3.63) is 23.2 Å². The molecule has 1 saturated heterocycles. The number of carbonyl (C=O) groups excluding carboxylic acids is 1. The highest BCUT2D eigenvalue weighted by molar-refractivity contribution is 7.98. The van der Waals surface area contributed by atoms with E-state index in [1.54, 1.807) is 11.8 Å². The fraction of sp³-hybridized carbons (Fsp3) is 0.462. The van der Waals surface area contributed by atoms with Crippen LogP contribution in [-0.2, 0) is 4.79 Å². The predicted octanol–water partition coefficient (Wildman–Crippen LogP) is 3.00. The molecule has 98 valence electrons. The van der Waals surface area contributed by atoms with E-state index in [4.69, 9.17) is 11.6 Å². The minimum absolute atomic E-state index is 0.0674. The van der Waals surface area contributed by atoms with Crippen LogP contribution in [-0.4, -0.2) is 25.3 Å². The van der Waals surface area contributed by atoms with Gasteiger partial charge in [0.2, 0.25) is 5.91 Å². The third kappa shape index (κ3) is 3.40. The number of piperidine rings is 1. The second-order valence-corrected chi connectivity index (χ2v) is 5.64. The Labute approximate surface area is 117 Å². The van der Waals surface area contributed by atoms with Crippen LogP contribution in [0.5, 0.6) is 0 Å². The van der Waals surface area contributed by atoms with Crippen molar-refractivity contribution in [3.8, 4) is 0 Å². The summed E-state index contributed by atoms with van der Waals surface area (Å²) in [6, 6.07) is 5.63. The number of hydrogen-bond acceptors (Lipinski definition) is 3. The van der Waals surface area contributed by atoms with Gasteiger partial charge in [0.05, 0.1) is 10.9 Å². The minimum Gasteiger partial charge on any atom is -0.326 e.